The lowest BCUT2D eigenvalue weighted by Crippen LogP contribution is -2.31. The van der Waals surface area contributed by atoms with Gasteiger partial charge in [-0.2, -0.15) is 4.37 Å². The second-order valence-corrected chi connectivity index (χ2v) is 3.47. The van der Waals surface area contributed by atoms with Crippen LogP contribution in [0.5, 0.6) is 0 Å². The molecule has 66 valence electrons. The molecule has 12 heavy (non-hydrogen) atoms. The molecule has 1 aromatic rings. The highest BCUT2D eigenvalue weighted by atomic mass is 32.1. The Kier molecular flexibility index (Phi) is 2.78. The minimum atomic E-state index is -0.971. The van der Waals surface area contributed by atoms with E-state index in [1.54, 1.807) is 0 Å². The van der Waals surface area contributed by atoms with E-state index in [1.807, 2.05) is 13.0 Å². The summed E-state index contributed by atoms with van der Waals surface area (Å²) in [6, 6.07) is 1.04. The standard InChI is InChI=1S/C7H10N2O2S/c1-4-2-5(12-9-4)3-6(8)7(10)11/h2,6H,3,8H2,1H3,(H,10,11). The van der Waals surface area contributed by atoms with Gasteiger partial charge in [-0.05, 0) is 24.5 Å². The van der Waals surface area contributed by atoms with Gasteiger partial charge in [-0.15, -0.1) is 0 Å². The van der Waals surface area contributed by atoms with Gasteiger partial charge in [0, 0.05) is 11.3 Å². The van der Waals surface area contributed by atoms with Crippen molar-refractivity contribution in [3.05, 3.63) is 16.6 Å². The highest BCUT2D eigenvalue weighted by Crippen LogP contribution is 2.10. The molecule has 0 aliphatic rings. The number of hydrogen-bond acceptors (Lipinski definition) is 4. The Hall–Kier alpha value is -0.940. The zero-order valence-corrected chi connectivity index (χ0v) is 7.47. The van der Waals surface area contributed by atoms with Crippen LogP contribution in [0.2, 0.25) is 0 Å². The molecule has 1 atom stereocenters. The lowest BCUT2D eigenvalue weighted by Gasteiger charge is -2.01. The van der Waals surface area contributed by atoms with E-state index in [1.165, 1.54) is 11.5 Å². The van der Waals surface area contributed by atoms with Crippen molar-refractivity contribution in [3.8, 4) is 0 Å². The van der Waals surface area contributed by atoms with E-state index < -0.39 is 12.0 Å². The Bertz CT molecular complexity index is 285. The molecule has 0 aliphatic heterocycles. The molecule has 5 heteroatoms. The Morgan fingerprint density at radius 3 is 3.00 bits per heavy atom. The van der Waals surface area contributed by atoms with E-state index >= 15 is 0 Å². The van der Waals surface area contributed by atoms with Gasteiger partial charge in [0.1, 0.15) is 6.04 Å². The first-order chi connectivity index (χ1) is 5.59. The Labute approximate surface area is 74.2 Å². The fourth-order valence-electron chi connectivity index (χ4n) is 0.817. The monoisotopic (exact) mass is 186 g/mol. The maximum atomic E-state index is 10.4. The third kappa shape index (κ3) is 2.28. The quantitative estimate of drug-likeness (QED) is 0.716. The van der Waals surface area contributed by atoms with Crippen LogP contribution in [0.4, 0.5) is 0 Å². The summed E-state index contributed by atoms with van der Waals surface area (Å²) in [5.41, 5.74) is 6.25. The maximum absolute atomic E-state index is 10.4. The highest BCUT2D eigenvalue weighted by Gasteiger charge is 2.13. The van der Waals surface area contributed by atoms with Crippen molar-refractivity contribution in [2.45, 2.75) is 19.4 Å². The molecule has 0 radical (unpaired) electrons. The summed E-state index contributed by atoms with van der Waals surface area (Å²) in [5, 5.41) is 8.51. The molecular weight excluding hydrogens is 176 g/mol. The fourth-order valence-corrected chi connectivity index (χ4v) is 1.61. The summed E-state index contributed by atoms with van der Waals surface area (Å²) >= 11 is 1.30. The number of nitrogens with zero attached hydrogens (tertiary/aromatic N) is 1. The van der Waals surface area contributed by atoms with Crippen LogP contribution in [0.25, 0.3) is 0 Å². The van der Waals surface area contributed by atoms with Crippen molar-refractivity contribution < 1.29 is 9.90 Å². The van der Waals surface area contributed by atoms with Gasteiger partial charge in [-0.3, -0.25) is 4.79 Å². The second-order valence-electron chi connectivity index (χ2n) is 2.58. The van der Waals surface area contributed by atoms with Crippen LogP contribution in [0.1, 0.15) is 10.6 Å². The number of carbonyl (C=O) groups is 1. The van der Waals surface area contributed by atoms with Gasteiger partial charge in [0.15, 0.2) is 0 Å². The third-order valence-electron chi connectivity index (χ3n) is 1.42. The molecule has 0 amide bonds. The summed E-state index contributed by atoms with van der Waals surface area (Å²) in [6.07, 6.45) is 0.362. The molecule has 4 nitrogen and oxygen atoms in total. The predicted molar refractivity (Wildman–Crippen MR) is 46.2 cm³/mol. The third-order valence-corrected chi connectivity index (χ3v) is 2.31. The van der Waals surface area contributed by atoms with Crippen LogP contribution in [0.3, 0.4) is 0 Å². The van der Waals surface area contributed by atoms with Gasteiger partial charge in [0.05, 0.1) is 5.69 Å². The van der Waals surface area contributed by atoms with Gasteiger partial charge < -0.3 is 10.8 Å². The molecule has 1 heterocycles. The first kappa shape index (κ1) is 9.15. The van der Waals surface area contributed by atoms with Crippen LogP contribution in [-0.4, -0.2) is 21.5 Å². The average Bonchev–Trinajstić information content (AvgIpc) is 2.35. The maximum Gasteiger partial charge on any atom is 0.320 e. The predicted octanol–water partition coefficient (Wildman–Crippen LogP) is 0.406. The molecule has 0 saturated heterocycles. The van der Waals surface area contributed by atoms with E-state index in [4.69, 9.17) is 10.8 Å². The highest BCUT2D eigenvalue weighted by molar-refractivity contribution is 7.05. The van der Waals surface area contributed by atoms with E-state index in [2.05, 4.69) is 4.37 Å². The van der Waals surface area contributed by atoms with Crippen LogP contribution >= 0.6 is 11.5 Å². The van der Waals surface area contributed by atoms with Crippen molar-refractivity contribution in [3.63, 3.8) is 0 Å². The number of hydrogen-bond donors (Lipinski definition) is 2. The van der Waals surface area contributed by atoms with Crippen molar-refractivity contribution in [2.75, 3.05) is 0 Å². The van der Waals surface area contributed by atoms with Gasteiger partial charge in [0.2, 0.25) is 0 Å². The molecule has 1 rings (SSSR count). The summed E-state index contributed by atoms with van der Waals surface area (Å²) in [4.78, 5) is 11.3. The van der Waals surface area contributed by atoms with Crippen molar-refractivity contribution >= 4 is 17.5 Å². The van der Waals surface area contributed by atoms with Crippen molar-refractivity contribution in [1.82, 2.24) is 4.37 Å². The van der Waals surface area contributed by atoms with Gasteiger partial charge in [-0.25, -0.2) is 0 Å². The first-order valence-electron chi connectivity index (χ1n) is 3.50. The zero-order chi connectivity index (χ0) is 9.14. The largest absolute Gasteiger partial charge is 0.480 e. The normalized spacial score (nSPS) is 12.8. The Morgan fingerprint density at radius 2 is 2.58 bits per heavy atom. The molecule has 3 N–H and O–H groups in total. The van der Waals surface area contributed by atoms with Crippen LogP contribution < -0.4 is 5.73 Å². The van der Waals surface area contributed by atoms with Crippen molar-refractivity contribution in [2.24, 2.45) is 5.73 Å². The van der Waals surface area contributed by atoms with E-state index in [-0.39, 0.29) is 0 Å². The lowest BCUT2D eigenvalue weighted by atomic mass is 10.2. The van der Waals surface area contributed by atoms with Gasteiger partial charge >= 0.3 is 5.97 Å². The topological polar surface area (TPSA) is 76.2 Å². The van der Waals surface area contributed by atoms with E-state index in [0.29, 0.717) is 6.42 Å². The molecule has 1 aromatic heterocycles. The molecule has 0 saturated carbocycles. The Balaban J connectivity index is 2.58. The molecule has 0 fully saturated rings. The van der Waals surface area contributed by atoms with Gasteiger partial charge in [-0.1, -0.05) is 0 Å². The summed E-state index contributed by atoms with van der Waals surface area (Å²) in [5.74, 6) is -0.971. The van der Waals surface area contributed by atoms with Crippen LogP contribution in [0.15, 0.2) is 6.07 Å². The smallest absolute Gasteiger partial charge is 0.320 e. The zero-order valence-electron chi connectivity index (χ0n) is 6.65. The summed E-state index contributed by atoms with van der Waals surface area (Å²) in [7, 11) is 0. The summed E-state index contributed by atoms with van der Waals surface area (Å²) in [6.45, 7) is 1.87. The Morgan fingerprint density at radius 1 is 1.92 bits per heavy atom. The number of aromatic nitrogens is 1. The average molecular weight is 186 g/mol. The SMILES string of the molecule is Cc1cc(CC(N)C(=O)O)sn1. The first-order valence-corrected chi connectivity index (χ1v) is 4.27. The molecule has 0 aromatic carbocycles. The van der Waals surface area contributed by atoms with Crippen LogP contribution in [0, 0.1) is 6.92 Å². The number of rotatable bonds is 3. The molecular formula is C7H10N2O2S. The number of nitrogens with two attached hydrogens (primary N) is 1. The lowest BCUT2D eigenvalue weighted by molar-refractivity contribution is -0.138. The second kappa shape index (κ2) is 3.64. The molecule has 0 spiro atoms. The summed E-state index contributed by atoms with van der Waals surface area (Å²) < 4.78 is 4.02. The minimum absolute atomic E-state index is 0.362. The number of aryl methyl sites for hydroxylation is 1. The molecule has 0 bridgehead atoms. The molecule has 1 unspecified atom stereocenters. The number of carboxylic acid groups (broad SMARTS) is 1. The number of aliphatic carboxylic acids is 1. The van der Waals surface area contributed by atoms with Crippen molar-refractivity contribution in [1.29, 1.82) is 0 Å². The van der Waals surface area contributed by atoms with Crippen LogP contribution in [-0.2, 0) is 11.2 Å². The van der Waals surface area contributed by atoms with Gasteiger partial charge in [0.25, 0.3) is 0 Å². The van der Waals surface area contributed by atoms with E-state index in [9.17, 15) is 4.79 Å². The number of carboxylic acids is 1. The molecule has 0 aliphatic carbocycles. The minimum Gasteiger partial charge on any atom is -0.480 e. The van der Waals surface area contributed by atoms with E-state index in [0.717, 1.165) is 10.6 Å². The fraction of sp³-hybridized carbons (Fsp3) is 0.429.